The Balaban J connectivity index is 2.40. The second kappa shape index (κ2) is 5.85. The van der Waals surface area contributed by atoms with Gasteiger partial charge < -0.3 is 4.90 Å². The van der Waals surface area contributed by atoms with E-state index < -0.39 is 10.0 Å². The Bertz CT molecular complexity index is 336. The molecule has 8 heteroatoms. The first kappa shape index (κ1) is 13.8. The van der Waals surface area contributed by atoms with Crippen LogP contribution in [0.25, 0.3) is 0 Å². The fraction of sp³-hybridized carbons (Fsp3) is 0.875. The molecule has 1 rings (SSSR count). The zero-order valence-electron chi connectivity index (χ0n) is 9.22. The maximum atomic E-state index is 11.6. The quantitative estimate of drug-likeness (QED) is 0.635. The summed E-state index contributed by atoms with van der Waals surface area (Å²) in [6.07, 6.45) is 1.58. The van der Waals surface area contributed by atoms with Crippen molar-refractivity contribution in [1.29, 1.82) is 0 Å². The van der Waals surface area contributed by atoms with Crippen LogP contribution in [0.3, 0.4) is 0 Å². The molecule has 0 aromatic rings. The second-order valence-corrected chi connectivity index (χ2v) is 6.00. The Morgan fingerprint density at radius 1 is 1.31 bits per heavy atom. The van der Waals surface area contributed by atoms with E-state index in [-0.39, 0.29) is 5.91 Å². The first-order valence-corrected chi connectivity index (χ1v) is 7.34. The van der Waals surface area contributed by atoms with E-state index in [1.165, 1.54) is 10.6 Å². The molecule has 0 aliphatic carbocycles. The molecular weight excluding hydrogens is 250 g/mol. The van der Waals surface area contributed by atoms with Crippen LogP contribution in [0.5, 0.6) is 0 Å². The predicted molar refractivity (Wildman–Crippen MR) is 64.6 cm³/mol. The van der Waals surface area contributed by atoms with Gasteiger partial charge in [-0.2, -0.15) is 4.31 Å². The summed E-state index contributed by atoms with van der Waals surface area (Å²) in [4.78, 5) is 13.3. The predicted octanol–water partition coefficient (Wildman–Crippen LogP) is -1.09. The molecule has 1 amide bonds. The second-order valence-electron chi connectivity index (χ2n) is 3.70. The summed E-state index contributed by atoms with van der Waals surface area (Å²) in [5.74, 6) is 0.0368. The smallest absolute Gasteiger partial charge is 0.223 e. The Morgan fingerprint density at radius 2 is 1.88 bits per heavy atom. The molecule has 6 nitrogen and oxygen atoms in total. The summed E-state index contributed by atoms with van der Waals surface area (Å²) < 4.78 is 26.5. The van der Waals surface area contributed by atoms with Gasteiger partial charge in [-0.1, -0.05) is 12.8 Å². The zero-order valence-corrected chi connectivity index (χ0v) is 10.9. The lowest BCUT2D eigenvalue weighted by molar-refractivity contribution is -0.132. The van der Waals surface area contributed by atoms with Gasteiger partial charge in [0.2, 0.25) is 15.9 Å². The molecule has 0 unspecified atom stereocenters. The van der Waals surface area contributed by atoms with Crippen LogP contribution in [0.1, 0.15) is 6.42 Å². The molecule has 94 valence electrons. The van der Waals surface area contributed by atoms with Crippen LogP contribution in [0.15, 0.2) is 0 Å². The summed E-state index contributed by atoms with van der Waals surface area (Å²) >= 11 is 3.80. The maximum Gasteiger partial charge on any atom is 0.223 e. The lowest BCUT2D eigenvalue weighted by Gasteiger charge is -2.33. The number of amides is 1. The number of hydrogen-bond donors (Lipinski definition) is 2. The van der Waals surface area contributed by atoms with Crippen LogP contribution in [0, 0.1) is 0 Å². The van der Waals surface area contributed by atoms with Crippen LogP contribution in [0.4, 0.5) is 0 Å². The molecule has 1 N–H and O–H groups in total. The summed E-state index contributed by atoms with van der Waals surface area (Å²) in [7, 11) is -3.12. The van der Waals surface area contributed by atoms with Crippen molar-refractivity contribution in [2.45, 2.75) is 6.42 Å². The number of carbonyl (C=O) groups excluding carboxylic acids is 1. The minimum atomic E-state index is -3.12. The van der Waals surface area contributed by atoms with Crippen molar-refractivity contribution in [2.75, 3.05) is 39.0 Å². The number of nitrogens with zero attached hydrogens (tertiary/aromatic N) is 2. The van der Waals surface area contributed by atoms with Crippen molar-refractivity contribution in [3.63, 3.8) is 0 Å². The van der Waals surface area contributed by atoms with Gasteiger partial charge in [0.05, 0.1) is 6.26 Å². The number of carbonyl (C=O) groups is 1. The van der Waals surface area contributed by atoms with Crippen LogP contribution in [-0.4, -0.2) is 62.5 Å². The number of sulfonamides is 1. The first-order chi connectivity index (χ1) is 7.45. The lowest BCUT2D eigenvalue weighted by Crippen LogP contribution is -2.50. The summed E-state index contributed by atoms with van der Waals surface area (Å²) in [5.41, 5.74) is 0. The molecular formula is C8H17N3O3S2. The van der Waals surface area contributed by atoms with Gasteiger partial charge in [0.1, 0.15) is 0 Å². The molecule has 0 aromatic heterocycles. The van der Waals surface area contributed by atoms with Gasteiger partial charge in [0.25, 0.3) is 0 Å². The molecule has 0 bridgehead atoms. The highest BCUT2D eigenvalue weighted by atomic mass is 32.2. The highest BCUT2D eigenvalue weighted by Gasteiger charge is 2.25. The lowest BCUT2D eigenvalue weighted by atomic mass is 10.3. The molecule has 1 heterocycles. The fourth-order valence-corrected chi connectivity index (χ4v) is 2.53. The minimum absolute atomic E-state index is 0.0368. The van der Waals surface area contributed by atoms with E-state index in [1.54, 1.807) is 4.90 Å². The molecule has 1 saturated heterocycles. The summed E-state index contributed by atoms with van der Waals surface area (Å²) in [6.45, 7) is 2.24. The number of piperazine rings is 1. The van der Waals surface area contributed by atoms with E-state index in [0.717, 1.165) is 0 Å². The standard InChI is InChI=1S/C8H17N3O3S2/c1-16(13,14)11-6-4-10(5-7-11)8(12)2-3-9-15/h9,15H,2-7H2,1H3. The number of rotatable bonds is 4. The number of thiol groups is 1. The van der Waals surface area contributed by atoms with Gasteiger partial charge in [-0.25, -0.2) is 8.42 Å². The minimum Gasteiger partial charge on any atom is -0.340 e. The van der Waals surface area contributed by atoms with Crippen LogP contribution in [0.2, 0.25) is 0 Å². The Labute approximate surface area is 102 Å². The summed E-state index contributed by atoms with van der Waals surface area (Å²) in [6, 6.07) is 0. The van der Waals surface area contributed by atoms with E-state index in [2.05, 4.69) is 17.5 Å². The zero-order chi connectivity index (χ0) is 12.2. The maximum absolute atomic E-state index is 11.6. The van der Waals surface area contributed by atoms with E-state index in [0.29, 0.717) is 39.1 Å². The number of nitrogens with one attached hydrogen (secondary N) is 1. The van der Waals surface area contributed by atoms with E-state index in [1.807, 2.05) is 0 Å². The topological polar surface area (TPSA) is 69.7 Å². The van der Waals surface area contributed by atoms with E-state index in [4.69, 9.17) is 0 Å². The highest BCUT2D eigenvalue weighted by Crippen LogP contribution is 2.06. The van der Waals surface area contributed by atoms with E-state index in [9.17, 15) is 13.2 Å². The first-order valence-electron chi connectivity index (χ1n) is 5.05. The van der Waals surface area contributed by atoms with Crippen molar-refractivity contribution < 1.29 is 13.2 Å². The third kappa shape index (κ3) is 3.93. The molecule has 1 aliphatic rings. The Kier molecular flexibility index (Phi) is 5.03. The van der Waals surface area contributed by atoms with Gasteiger partial charge in [-0.05, 0) is 0 Å². The molecule has 0 saturated carbocycles. The van der Waals surface area contributed by atoms with Crippen LogP contribution < -0.4 is 4.72 Å². The molecule has 0 radical (unpaired) electrons. The van der Waals surface area contributed by atoms with Crippen molar-refractivity contribution in [3.8, 4) is 0 Å². The fourth-order valence-electron chi connectivity index (χ4n) is 1.59. The van der Waals surface area contributed by atoms with Gasteiger partial charge >= 0.3 is 0 Å². The third-order valence-corrected chi connectivity index (χ3v) is 4.04. The van der Waals surface area contributed by atoms with Crippen molar-refractivity contribution in [2.24, 2.45) is 0 Å². The average molecular weight is 267 g/mol. The van der Waals surface area contributed by atoms with E-state index >= 15 is 0 Å². The Hall–Kier alpha value is -0.310. The van der Waals surface area contributed by atoms with Gasteiger partial charge in [0.15, 0.2) is 0 Å². The van der Waals surface area contributed by atoms with Gasteiger partial charge in [0, 0.05) is 39.1 Å². The third-order valence-electron chi connectivity index (χ3n) is 2.51. The van der Waals surface area contributed by atoms with Crippen LogP contribution in [-0.2, 0) is 14.8 Å². The summed E-state index contributed by atoms with van der Waals surface area (Å²) in [5, 5.41) is 0. The van der Waals surface area contributed by atoms with Gasteiger partial charge in [-0.15, -0.1) is 0 Å². The monoisotopic (exact) mass is 267 g/mol. The highest BCUT2D eigenvalue weighted by molar-refractivity contribution is 7.88. The average Bonchev–Trinajstić information content (AvgIpc) is 2.25. The van der Waals surface area contributed by atoms with Crippen LogP contribution >= 0.6 is 12.8 Å². The van der Waals surface area contributed by atoms with Crippen molar-refractivity contribution >= 4 is 28.7 Å². The van der Waals surface area contributed by atoms with Gasteiger partial charge in [-0.3, -0.25) is 9.52 Å². The SMILES string of the molecule is CS(=O)(=O)N1CCN(C(=O)CCNS)CC1. The normalized spacial score (nSPS) is 18.8. The Morgan fingerprint density at radius 3 is 2.31 bits per heavy atom. The molecule has 0 spiro atoms. The molecule has 16 heavy (non-hydrogen) atoms. The number of hydrogen-bond acceptors (Lipinski definition) is 5. The molecule has 1 fully saturated rings. The molecule has 1 aliphatic heterocycles. The van der Waals surface area contributed by atoms with Crippen molar-refractivity contribution in [1.82, 2.24) is 13.9 Å². The van der Waals surface area contributed by atoms with Crippen molar-refractivity contribution in [3.05, 3.63) is 0 Å². The molecule has 0 aromatic carbocycles. The largest absolute Gasteiger partial charge is 0.340 e. The molecule has 0 atom stereocenters.